The summed E-state index contributed by atoms with van der Waals surface area (Å²) >= 11 is 0. The Kier molecular flexibility index (Phi) is 4.53. The second kappa shape index (κ2) is 6.81. The highest BCUT2D eigenvalue weighted by Gasteiger charge is 2.40. The summed E-state index contributed by atoms with van der Waals surface area (Å²) < 4.78 is 6.66. The highest BCUT2D eigenvalue weighted by atomic mass is 16.5. The van der Waals surface area contributed by atoms with Crippen molar-refractivity contribution in [3.8, 4) is 5.75 Å². The number of ether oxygens (including phenoxy) is 1. The first-order valence-corrected chi connectivity index (χ1v) is 9.36. The van der Waals surface area contributed by atoms with Gasteiger partial charge in [0.25, 0.3) is 0 Å². The van der Waals surface area contributed by atoms with Gasteiger partial charge in [-0.1, -0.05) is 42.5 Å². The van der Waals surface area contributed by atoms with E-state index in [1.165, 1.54) is 16.7 Å². The van der Waals surface area contributed by atoms with E-state index in [0.717, 1.165) is 51.3 Å². The van der Waals surface area contributed by atoms with Crippen molar-refractivity contribution in [2.24, 2.45) is 0 Å². The smallest absolute Gasteiger partial charge is 0.124 e. The lowest BCUT2D eigenvalue weighted by atomic mass is 9.90. The normalized spacial score (nSPS) is 20.7. The van der Waals surface area contributed by atoms with Gasteiger partial charge in [0.15, 0.2) is 0 Å². The Balaban J connectivity index is 1.64. The zero-order valence-electron chi connectivity index (χ0n) is 15.4. The van der Waals surface area contributed by atoms with Crippen LogP contribution in [0, 0.1) is 6.92 Å². The molecule has 2 aromatic rings. The molecule has 2 aliphatic heterocycles. The fraction of sp³-hybridized carbons (Fsp3) is 0.455. The van der Waals surface area contributed by atoms with E-state index in [1.807, 2.05) is 0 Å². The average molecular weight is 336 g/mol. The third kappa shape index (κ3) is 3.58. The SMILES string of the molecule is Cc1ccccc1CN1Cc2ccccc2OC2(CCN(C)CC2)C1. The number of nitrogens with zero attached hydrogens (tertiary/aromatic N) is 2. The lowest BCUT2D eigenvalue weighted by molar-refractivity contribution is -0.0146. The average Bonchev–Trinajstić information content (AvgIpc) is 2.76. The summed E-state index contributed by atoms with van der Waals surface area (Å²) in [5.74, 6) is 1.08. The highest BCUT2D eigenvalue weighted by molar-refractivity contribution is 5.35. The summed E-state index contributed by atoms with van der Waals surface area (Å²) in [4.78, 5) is 5.00. The molecule has 0 radical (unpaired) electrons. The highest BCUT2D eigenvalue weighted by Crippen LogP contribution is 2.35. The fourth-order valence-electron chi connectivity index (χ4n) is 4.13. The molecule has 4 rings (SSSR count). The molecule has 2 heterocycles. The maximum atomic E-state index is 6.66. The van der Waals surface area contributed by atoms with Gasteiger partial charge in [0.05, 0.1) is 0 Å². The third-order valence-electron chi connectivity index (χ3n) is 5.76. The second-order valence-electron chi connectivity index (χ2n) is 7.77. The van der Waals surface area contributed by atoms with Crippen molar-refractivity contribution >= 4 is 0 Å². The minimum Gasteiger partial charge on any atom is -0.486 e. The standard InChI is InChI=1S/C22H28N2O/c1-18-7-3-4-8-19(18)15-24-16-20-9-5-6-10-21(20)25-22(17-24)11-13-23(2)14-12-22/h3-10H,11-17H2,1-2H3. The summed E-state index contributed by atoms with van der Waals surface area (Å²) in [6.45, 7) is 7.39. The van der Waals surface area contributed by atoms with Gasteiger partial charge in [-0.25, -0.2) is 0 Å². The first-order chi connectivity index (χ1) is 12.1. The van der Waals surface area contributed by atoms with Crippen LogP contribution in [0.5, 0.6) is 5.75 Å². The number of para-hydroxylation sites is 1. The minimum atomic E-state index is -0.0538. The van der Waals surface area contributed by atoms with E-state index < -0.39 is 0 Å². The van der Waals surface area contributed by atoms with E-state index in [2.05, 4.69) is 72.3 Å². The summed E-state index contributed by atoms with van der Waals surface area (Å²) in [6, 6.07) is 17.3. The molecule has 1 saturated heterocycles. The molecular formula is C22H28N2O. The summed E-state index contributed by atoms with van der Waals surface area (Å²) in [6.07, 6.45) is 2.20. The molecular weight excluding hydrogens is 308 g/mol. The summed E-state index contributed by atoms with van der Waals surface area (Å²) in [5.41, 5.74) is 4.05. The molecule has 2 aromatic carbocycles. The molecule has 0 aliphatic carbocycles. The predicted molar refractivity (Wildman–Crippen MR) is 102 cm³/mol. The zero-order chi connectivity index (χ0) is 17.3. The topological polar surface area (TPSA) is 15.7 Å². The molecule has 0 aromatic heterocycles. The van der Waals surface area contributed by atoms with Crippen molar-refractivity contribution < 1.29 is 4.74 Å². The Labute approximate surface area is 151 Å². The van der Waals surface area contributed by atoms with Gasteiger partial charge in [-0.3, -0.25) is 4.90 Å². The molecule has 0 N–H and O–H groups in total. The zero-order valence-corrected chi connectivity index (χ0v) is 15.4. The molecule has 0 unspecified atom stereocenters. The Hall–Kier alpha value is -1.84. The van der Waals surface area contributed by atoms with Crippen LogP contribution >= 0.6 is 0 Å². The molecule has 0 saturated carbocycles. The maximum Gasteiger partial charge on any atom is 0.124 e. The lowest BCUT2D eigenvalue weighted by Gasteiger charge is -2.42. The van der Waals surface area contributed by atoms with Crippen molar-refractivity contribution in [1.82, 2.24) is 9.80 Å². The van der Waals surface area contributed by atoms with Gasteiger partial charge in [0.2, 0.25) is 0 Å². The van der Waals surface area contributed by atoms with Gasteiger partial charge < -0.3 is 9.64 Å². The van der Waals surface area contributed by atoms with E-state index >= 15 is 0 Å². The van der Waals surface area contributed by atoms with E-state index in [4.69, 9.17) is 4.74 Å². The molecule has 2 aliphatic rings. The van der Waals surface area contributed by atoms with Gasteiger partial charge in [0, 0.05) is 51.1 Å². The monoisotopic (exact) mass is 336 g/mol. The van der Waals surface area contributed by atoms with Crippen LogP contribution in [-0.4, -0.2) is 42.1 Å². The number of likely N-dealkylation sites (tertiary alicyclic amines) is 1. The number of benzene rings is 2. The number of rotatable bonds is 2. The molecule has 1 spiro atoms. The van der Waals surface area contributed by atoms with Crippen molar-refractivity contribution in [3.63, 3.8) is 0 Å². The quantitative estimate of drug-likeness (QED) is 0.828. The Morgan fingerprint density at radius 1 is 1.00 bits per heavy atom. The van der Waals surface area contributed by atoms with Crippen LogP contribution < -0.4 is 4.74 Å². The van der Waals surface area contributed by atoms with E-state index in [1.54, 1.807) is 0 Å². The van der Waals surface area contributed by atoms with Crippen LogP contribution in [0.15, 0.2) is 48.5 Å². The number of piperidine rings is 1. The molecule has 3 heteroatoms. The van der Waals surface area contributed by atoms with Gasteiger partial charge in [0.1, 0.15) is 11.4 Å². The van der Waals surface area contributed by atoms with E-state index in [9.17, 15) is 0 Å². The van der Waals surface area contributed by atoms with Crippen LogP contribution in [-0.2, 0) is 13.1 Å². The molecule has 0 bridgehead atoms. The van der Waals surface area contributed by atoms with Gasteiger partial charge >= 0.3 is 0 Å². The van der Waals surface area contributed by atoms with Crippen molar-refractivity contribution in [3.05, 3.63) is 65.2 Å². The molecule has 0 atom stereocenters. The van der Waals surface area contributed by atoms with Crippen LogP contribution in [0.3, 0.4) is 0 Å². The van der Waals surface area contributed by atoms with Gasteiger partial charge in [-0.2, -0.15) is 0 Å². The Morgan fingerprint density at radius 3 is 2.52 bits per heavy atom. The number of hydrogen-bond donors (Lipinski definition) is 0. The van der Waals surface area contributed by atoms with Crippen LogP contribution in [0.2, 0.25) is 0 Å². The second-order valence-corrected chi connectivity index (χ2v) is 7.77. The number of fused-ring (bicyclic) bond motifs is 1. The molecule has 0 amide bonds. The third-order valence-corrected chi connectivity index (χ3v) is 5.76. The lowest BCUT2D eigenvalue weighted by Crippen LogP contribution is -2.52. The van der Waals surface area contributed by atoms with Crippen molar-refractivity contribution in [1.29, 1.82) is 0 Å². The Morgan fingerprint density at radius 2 is 1.72 bits per heavy atom. The molecule has 1 fully saturated rings. The van der Waals surface area contributed by atoms with Crippen LogP contribution in [0.4, 0.5) is 0 Å². The Bertz CT molecular complexity index is 734. The van der Waals surface area contributed by atoms with E-state index in [0.29, 0.717) is 0 Å². The minimum absolute atomic E-state index is 0.0538. The predicted octanol–water partition coefficient (Wildman–Crippen LogP) is 3.85. The first kappa shape index (κ1) is 16.6. The number of hydrogen-bond acceptors (Lipinski definition) is 3. The largest absolute Gasteiger partial charge is 0.486 e. The molecule has 132 valence electrons. The summed E-state index contributed by atoms with van der Waals surface area (Å²) in [5, 5.41) is 0. The maximum absolute atomic E-state index is 6.66. The van der Waals surface area contributed by atoms with Crippen LogP contribution in [0.1, 0.15) is 29.5 Å². The van der Waals surface area contributed by atoms with E-state index in [-0.39, 0.29) is 5.60 Å². The fourth-order valence-corrected chi connectivity index (χ4v) is 4.13. The van der Waals surface area contributed by atoms with Gasteiger partial charge in [-0.15, -0.1) is 0 Å². The van der Waals surface area contributed by atoms with Crippen molar-refractivity contribution in [2.45, 2.75) is 38.5 Å². The number of aryl methyl sites for hydroxylation is 1. The summed E-state index contributed by atoms with van der Waals surface area (Å²) in [7, 11) is 2.21. The van der Waals surface area contributed by atoms with Crippen molar-refractivity contribution in [2.75, 3.05) is 26.7 Å². The van der Waals surface area contributed by atoms with Crippen LogP contribution in [0.25, 0.3) is 0 Å². The molecule has 25 heavy (non-hydrogen) atoms. The molecule has 3 nitrogen and oxygen atoms in total. The van der Waals surface area contributed by atoms with Gasteiger partial charge in [-0.05, 0) is 31.2 Å². The first-order valence-electron chi connectivity index (χ1n) is 9.36.